The lowest BCUT2D eigenvalue weighted by molar-refractivity contribution is 0.200. The number of para-hydroxylation sites is 1. The van der Waals surface area contributed by atoms with Gasteiger partial charge in [0.1, 0.15) is 0 Å². The molecule has 1 aromatic carbocycles. The Kier molecular flexibility index (Phi) is 2.25. The van der Waals surface area contributed by atoms with E-state index in [1.165, 1.54) is 0 Å². The molecule has 74 valence electrons. The molecule has 1 unspecified atom stereocenters. The molecule has 0 aliphatic heterocycles. The minimum Gasteiger partial charge on any atom is -0.389 e. The number of benzene rings is 1. The highest BCUT2D eigenvalue weighted by Gasteiger charge is 2.11. The highest BCUT2D eigenvalue weighted by Crippen LogP contribution is 2.30. The number of hydrogen-bond donors (Lipinski definition) is 1. The quantitative estimate of drug-likeness (QED) is 0.768. The van der Waals surface area contributed by atoms with Crippen LogP contribution < -0.4 is 0 Å². The highest BCUT2D eigenvalue weighted by molar-refractivity contribution is 6.35. The summed E-state index contributed by atoms with van der Waals surface area (Å²) in [6.07, 6.45) is 1.39. The van der Waals surface area contributed by atoms with Crippen LogP contribution >= 0.6 is 11.6 Å². The maximum absolute atomic E-state index is 9.60. The van der Waals surface area contributed by atoms with Crippen LogP contribution in [0.3, 0.4) is 0 Å². The predicted molar refractivity (Wildman–Crippen MR) is 58.6 cm³/mol. The van der Waals surface area contributed by atoms with Crippen molar-refractivity contribution in [1.29, 1.82) is 0 Å². The molecular formula is C11H12ClNO. The molecule has 2 aromatic rings. The average molecular weight is 210 g/mol. The third kappa shape index (κ3) is 1.31. The van der Waals surface area contributed by atoms with Gasteiger partial charge in [0.15, 0.2) is 0 Å². The van der Waals surface area contributed by atoms with Crippen molar-refractivity contribution in [2.75, 3.05) is 0 Å². The van der Waals surface area contributed by atoms with Crippen LogP contribution in [0.2, 0.25) is 5.02 Å². The first-order valence-electron chi connectivity index (χ1n) is 4.52. The third-order valence-electron chi connectivity index (χ3n) is 2.43. The van der Waals surface area contributed by atoms with Crippen LogP contribution in [0.5, 0.6) is 0 Å². The number of rotatable bonds is 1. The maximum atomic E-state index is 9.60. The number of halogens is 1. The first kappa shape index (κ1) is 9.56. The van der Waals surface area contributed by atoms with Crippen molar-refractivity contribution in [3.8, 4) is 0 Å². The summed E-state index contributed by atoms with van der Waals surface area (Å²) in [6.45, 7) is 1.76. The summed E-state index contributed by atoms with van der Waals surface area (Å²) in [6, 6.07) is 5.79. The van der Waals surface area contributed by atoms with Gasteiger partial charge in [-0.05, 0) is 6.92 Å². The molecule has 0 radical (unpaired) electrons. The van der Waals surface area contributed by atoms with Crippen LogP contribution in [0.25, 0.3) is 10.9 Å². The maximum Gasteiger partial charge on any atom is 0.0782 e. The molecule has 0 fully saturated rings. The first-order chi connectivity index (χ1) is 6.61. The van der Waals surface area contributed by atoms with Gasteiger partial charge in [0, 0.05) is 24.2 Å². The van der Waals surface area contributed by atoms with Crippen LogP contribution in [0.1, 0.15) is 18.6 Å². The van der Waals surface area contributed by atoms with Crippen molar-refractivity contribution in [2.45, 2.75) is 13.0 Å². The number of aryl methyl sites for hydroxylation is 1. The topological polar surface area (TPSA) is 25.2 Å². The van der Waals surface area contributed by atoms with E-state index in [0.717, 1.165) is 21.5 Å². The van der Waals surface area contributed by atoms with E-state index in [1.54, 1.807) is 6.92 Å². The molecule has 0 aliphatic rings. The molecule has 0 spiro atoms. The normalized spacial score (nSPS) is 13.4. The largest absolute Gasteiger partial charge is 0.389 e. The molecule has 0 saturated heterocycles. The molecule has 0 amide bonds. The Labute approximate surface area is 87.7 Å². The van der Waals surface area contributed by atoms with E-state index >= 15 is 0 Å². The fourth-order valence-electron chi connectivity index (χ4n) is 1.79. The van der Waals surface area contributed by atoms with E-state index in [1.807, 2.05) is 36.0 Å². The summed E-state index contributed by atoms with van der Waals surface area (Å²) >= 11 is 6.05. The number of hydrogen-bond acceptors (Lipinski definition) is 1. The Morgan fingerprint density at radius 3 is 2.79 bits per heavy atom. The molecule has 14 heavy (non-hydrogen) atoms. The minimum atomic E-state index is -0.469. The molecular weight excluding hydrogens is 198 g/mol. The second-order valence-electron chi connectivity index (χ2n) is 3.51. The van der Waals surface area contributed by atoms with E-state index in [9.17, 15) is 5.11 Å². The number of fused-ring (bicyclic) bond motifs is 1. The van der Waals surface area contributed by atoms with E-state index in [0.29, 0.717) is 0 Å². The summed E-state index contributed by atoms with van der Waals surface area (Å²) in [5.41, 5.74) is 1.92. The lowest BCUT2D eigenvalue weighted by Gasteiger charge is -2.08. The van der Waals surface area contributed by atoms with Gasteiger partial charge >= 0.3 is 0 Å². The number of nitrogens with zero attached hydrogens (tertiary/aromatic N) is 1. The Morgan fingerprint density at radius 1 is 1.43 bits per heavy atom. The lowest BCUT2D eigenvalue weighted by Crippen LogP contribution is -1.95. The summed E-state index contributed by atoms with van der Waals surface area (Å²) in [5.74, 6) is 0. The summed E-state index contributed by atoms with van der Waals surface area (Å²) < 4.78 is 1.94. The second-order valence-corrected chi connectivity index (χ2v) is 3.91. The molecule has 0 saturated carbocycles. The summed E-state index contributed by atoms with van der Waals surface area (Å²) in [4.78, 5) is 0. The molecule has 1 atom stereocenters. The van der Waals surface area contributed by atoms with Crippen molar-refractivity contribution >= 4 is 22.5 Å². The monoisotopic (exact) mass is 209 g/mol. The smallest absolute Gasteiger partial charge is 0.0782 e. The highest BCUT2D eigenvalue weighted by atomic mass is 35.5. The predicted octanol–water partition coefficient (Wildman–Crippen LogP) is 2.89. The van der Waals surface area contributed by atoms with Crippen LogP contribution in [0, 0.1) is 0 Å². The van der Waals surface area contributed by atoms with E-state index in [-0.39, 0.29) is 0 Å². The van der Waals surface area contributed by atoms with Gasteiger partial charge in [-0.1, -0.05) is 29.8 Å². The fourth-order valence-corrected chi connectivity index (χ4v) is 2.09. The molecule has 1 N–H and O–H groups in total. The SMILES string of the molecule is CC(O)c1cccc2c(Cl)cn(C)c12. The van der Waals surface area contributed by atoms with E-state index < -0.39 is 6.10 Å². The Morgan fingerprint density at radius 2 is 2.14 bits per heavy atom. The van der Waals surface area contributed by atoms with Gasteiger partial charge in [0.25, 0.3) is 0 Å². The van der Waals surface area contributed by atoms with E-state index in [2.05, 4.69) is 0 Å². The van der Waals surface area contributed by atoms with Gasteiger partial charge in [-0.3, -0.25) is 0 Å². The number of aromatic nitrogens is 1. The standard InChI is InChI=1S/C11H12ClNO/c1-7(14)8-4-3-5-9-10(12)6-13(2)11(8)9/h3-7,14H,1-2H3. The Hall–Kier alpha value is -0.990. The number of aliphatic hydroxyl groups is 1. The van der Waals surface area contributed by atoms with Crippen LogP contribution in [0.15, 0.2) is 24.4 Å². The molecule has 3 heteroatoms. The zero-order chi connectivity index (χ0) is 10.3. The third-order valence-corrected chi connectivity index (χ3v) is 2.74. The van der Waals surface area contributed by atoms with Gasteiger partial charge in [0.05, 0.1) is 16.6 Å². The lowest BCUT2D eigenvalue weighted by atomic mass is 10.1. The molecule has 0 aliphatic carbocycles. The van der Waals surface area contributed by atoms with E-state index in [4.69, 9.17) is 11.6 Å². The zero-order valence-electron chi connectivity index (χ0n) is 8.16. The molecule has 1 heterocycles. The van der Waals surface area contributed by atoms with Crippen LogP contribution in [-0.4, -0.2) is 9.67 Å². The summed E-state index contributed by atoms with van der Waals surface area (Å²) in [5, 5.41) is 11.3. The van der Waals surface area contributed by atoms with Gasteiger partial charge in [0.2, 0.25) is 0 Å². The van der Waals surface area contributed by atoms with Crippen molar-refractivity contribution in [1.82, 2.24) is 4.57 Å². The minimum absolute atomic E-state index is 0.469. The second kappa shape index (κ2) is 3.30. The Balaban J connectivity index is 2.85. The van der Waals surface area contributed by atoms with Crippen LogP contribution in [0.4, 0.5) is 0 Å². The fraction of sp³-hybridized carbons (Fsp3) is 0.273. The van der Waals surface area contributed by atoms with Gasteiger partial charge < -0.3 is 9.67 Å². The van der Waals surface area contributed by atoms with Crippen molar-refractivity contribution in [3.05, 3.63) is 35.0 Å². The van der Waals surface area contributed by atoms with Gasteiger partial charge in [-0.15, -0.1) is 0 Å². The van der Waals surface area contributed by atoms with Gasteiger partial charge in [-0.2, -0.15) is 0 Å². The summed E-state index contributed by atoms with van der Waals surface area (Å²) in [7, 11) is 1.93. The van der Waals surface area contributed by atoms with Crippen molar-refractivity contribution < 1.29 is 5.11 Å². The Bertz CT molecular complexity index is 473. The van der Waals surface area contributed by atoms with Crippen molar-refractivity contribution in [3.63, 3.8) is 0 Å². The van der Waals surface area contributed by atoms with Crippen LogP contribution in [-0.2, 0) is 7.05 Å². The molecule has 0 bridgehead atoms. The van der Waals surface area contributed by atoms with Crippen molar-refractivity contribution in [2.24, 2.45) is 7.05 Å². The van der Waals surface area contributed by atoms with Gasteiger partial charge in [-0.25, -0.2) is 0 Å². The molecule has 2 nitrogen and oxygen atoms in total. The first-order valence-corrected chi connectivity index (χ1v) is 4.90. The zero-order valence-corrected chi connectivity index (χ0v) is 8.92. The average Bonchev–Trinajstić information content (AvgIpc) is 2.43. The molecule has 1 aromatic heterocycles. The molecule has 2 rings (SSSR count). The number of aliphatic hydroxyl groups excluding tert-OH is 1.